The Bertz CT molecular complexity index is 1820. The van der Waals surface area contributed by atoms with Gasteiger partial charge in [-0.25, -0.2) is 9.59 Å². The zero-order chi connectivity index (χ0) is 38.8. The zero-order valence-corrected chi connectivity index (χ0v) is 30.3. The third-order valence-electron chi connectivity index (χ3n) is 11.9. The molecule has 2 bridgehead atoms. The SMILES string of the molecule is [CH][C@@H](c1ccco1)[C@@H](O)C(=O)OC1C[C@@]2(O)[C@@H](OC(=O)c3ccccc3)[C@@H]3[C@]4(OC(C)=O)CO[C@@H]4C[C@H](OC(C)=O)[C@@]3(C)C(=O)[C@H](O)C(=C1C)C2(C)C. The normalized spacial score (nSPS) is 35.5. The number of esters is 4. The van der Waals surface area contributed by atoms with Crippen LogP contribution < -0.4 is 0 Å². The summed E-state index contributed by atoms with van der Waals surface area (Å²) in [5.41, 5.74) is -7.44. The van der Waals surface area contributed by atoms with Crippen molar-refractivity contribution in [3.8, 4) is 0 Å². The van der Waals surface area contributed by atoms with E-state index in [0.717, 1.165) is 13.8 Å². The number of carbonyl (C=O) groups excluding carboxylic acids is 5. The van der Waals surface area contributed by atoms with E-state index < -0.39 is 107 Å². The van der Waals surface area contributed by atoms with Gasteiger partial charge in [-0.15, -0.1) is 0 Å². The number of aliphatic hydroxyl groups excluding tert-OH is 2. The Hall–Kier alpha value is -4.37. The minimum Gasteiger partial charge on any atom is -0.469 e. The maximum atomic E-state index is 15.1. The van der Waals surface area contributed by atoms with Gasteiger partial charge in [0.25, 0.3) is 0 Å². The van der Waals surface area contributed by atoms with Crippen molar-refractivity contribution in [1.82, 2.24) is 0 Å². The molecular formula is C39H44O14. The molecule has 2 saturated carbocycles. The highest BCUT2D eigenvalue weighted by Gasteiger charge is 2.78. The van der Waals surface area contributed by atoms with Crippen LogP contribution in [0.5, 0.6) is 0 Å². The van der Waals surface area contributed by atoms with Crippen molar-refractivity contribution in [3.05, 3.63) is 78.1 Å². The van der Waals surface area contributed by atoms with Crippen LogP contribution in [0.25, 0.3) is 0 Å². The van der Waals surface area contributed by atoms with Crippen molar-refractivity contribution in [2.24, 2.45) is 16.7 Å². The summed E-state index contributed by atoms with van der Waals surface area (Å²) in [5.74, 6) is -7.27. The molecule has 4 aliphatic rings. The van der Waals surface area contributed by atoms with Gasteiger partial charge in [-0.2, -0.15) is 0 Å². The molecule has 2 aromatic rings. The van der Waals surface area contributed by atoms with Crippen LogP contribution in [0.1, 0.15) is 76.4 Å². The molecule has 3 N–H and O–H groups in total. The quantitative estimate of drug-likeness (QED) is 0.203. The van der Waals surface area contributed by atoms with Gasteiger partial charge in [0.15, 0.2) is 17.5 Å². The number of hydrogen-bond donors (Lipinski definition) is 3. The van der Waals surface area contributed by atoms with Gasteiger partial charge in [-0.05, 0) is 56.2 Å². The summed E-state index contributed by atoms with van der Waals surface area (Å²) in [7, 11) is 0. The Morgan fingerprint density at radius 1 is 0.981 bits per heavy atom. The number of fused-ring (bicyclic) bond motifs is 5. The average molecular weight is 737 g/mol. The highest BCUT2D eigenvalue weighted by Crippen LogP contribution is 2.64. The van der Waals surface area contributed by atoms with Crippen LogP contribution in [0.2, 0.25) is 0 Å². The number of carbonyl (C=O) groups is 5. The van der Waals surface area contributed by atoms with Crippen LogP contribution >= 0.6 is 0 Å². The molecule has 0 amide bonds. The number of aliphatic hydroxyl groups is 3. The molecule has 1 unspecified atom stereocenters. The van der Waals surface area contributed by atoms with Gasteiger partial charge in [0.2, 0.25) is 0 Å². The summed E-state index contributed by atoms with van der Waals surface area (Å²) in [6.07, 6.45) is -8.74. The lowest BCUT2D eigenvalue weighted by atomic mass is 9.44. The molecule has 14 nitrogen and oxygen atoms in total. The summed E-state index contributed by atoms with van der Waals surface area (Å²) >= 11 is 0. The van der Waals surface area contributed by atoms with Crippen LogP contribution in [-0.4, -0.2) is 99.4 Å². The number of benzene rings is 1. The number of ketones is 1. The second kappa shape index (κ2) is 13.5. The van der Waals surface area contributed by atoms with E-state index in [0.29, 0.717) is 0 Å². The topological polar surface area (TPSA) is 205 Å². The van der Waals surface area contributed by atoms with Gasteiger partial charge < -0.3 is 43.4 Å². The Morgan fingerprint density at radius 3 is 2.23 bits per heavy atom. The van der Waals surface area contributed by atoms with E-state index in [1.54, 1.807) is 32.0 Å². The summed E-state index contributed by atoms with van der Waals surface area (Å²) < 4.78 is 35.1. The van der Waals surface area contributed by atoms with Crippen LogP contribution in [0.4, 0.5) is 0 Å². The fraction of sp³-hybridized carbons (Fsp3) is 0.538. The van der Waals surface area contributed by atoms with E-state index in [4.69, 9.17) is 35.0 Å². The van der Waals surface area contributed by atoms with Crippen molar-refractivity contribution in [3.63, 3.8) is 0 Å². The summed E-state index contributed by atoms with van der Waals surface area (Å²) in [6.45, 7) is 14.1. The van der Waals surface area contributed by atoms with Gasteiger partial charge in [0.1, 0.15) is 41.9 Å². The fourth-order valence-electron chi connectivity index (χ4n) is 9.12. The molecule has 53 heavy (non-hydrogen) atoms. The number of furan rings is 1. The second-order valence-electron chi connectivity index (χ2n) is 15.2. The van der Waals surface area contributed by atoms with Crippen LogP contribution in [-0.2, 0) is 42.9 Å². The second-order valence-corrected chi connectivity index (χ2v) is 15.2. The Kier molecular flexibility index (Phi) is 9.76. The monoisotopic (exact) mass is 736 g/mol. The smallest absolute Gasteiger partial charge is 0.338 e. The molecule has 11 atom stereocenters. The first-order valence-electron chi connectivity index (χ1n) is 17.4. The van der Waals surface area contributed by atoms with Gasteiger partial charge in [-0.3, -0.25) is 14.4 Å². The molecule has 1 aromatic heterocycles. The largest absolute Gasteiger partial charge is 0.469 e. The third kappa shape index (κ3) is 5.90. The molecule has 0 spiro atoms. The lowest BCUT2D eigenvalue weighted by Gasteiger charge is -2.67. The average Bonchev–Trinajstić information content (AvgIpc) is 3.64. The van der Waals surface area contributed by atoms with Crippen molar-refractivity contribution in [1.29, 1.82) is 0 Å². The Morgan fingerprint density at radius 2 is 1.66 bits per heavy atom. The molecule has 3 fully saturated rings. The summed E-state index contributed by atoms with van der Waals surface area (Å²) in [4.78, 5) is 68.1. The minimum absolute atomic E-state index is 0.0468. The van der Waals surface area contributed by atoms with Gasteiger partial charge in [0, 0.05) is 32.1 Å². The highest BCUT2D eigenvalue weighted by atomic mass is 16.6. The Balaban J connectivity index is 1.57. The van der Waals surface area contributed by atoms with Crippen molar-refractivity contribution < 1.29 is 67.4 Å². The van der Waals surface area contributed by atoms with E-state index in [1.165, 1.54) is 44.4 Å². The van der Waals surface area contributed by atoms with Crippen LogP contribution in [0, 0.1) is 23.7 Å². The molecule has 2 heterocycles. The fourth-order valence-corrected chi connectivity index (χ4v) is 9.12. The highest BCUT2D eigenvalue weighted by molar-refractivity contribution is 5.94. The van der Waals surface area contributed by atoms with Gasteiger partial charge >= 0.3 is 23.9 Å². The third-order valence-corrected chi connectivity index (χ3v) is 11.9. The maximum absolute atomic E-state index is 15.1. The molecule has 3 aliphatic carbocycles. The molecule has 6 rings (SSSR count). The van der Waals surface area contributed by atoms with E-state index in [2.05, 4.69) is 0 Å². The lowest BCUT2D eigenvalue weighted by molar-refractivity contribution is -0.346. The molecule has 1 aliphatic heterocycles. The summed E-state index contributed by atoms with van der Waals surface area (Å²) in [5, 5.41) is 36.5. The predicted octanol–water partition coefficient (Wildman–Crippen LogP) is 2.65. The predicted molar refractivity (Wildman–Crippen MR) is 180 cm³/mol. The van der Waals surface area contributed by atoms with Gasteiger partial charge in [-0.1, -0.05) is 32.0 Å². The molecule has 284 valence electrons. The van der Waals surface area contributed by atoms with Crippen LogP contribution in [0.15, 0.2) is 64.3 Å². The minimum atomic E-state index is -2.33. The van der Waals surface area contributed by atoms with Crippen molar-refractivity contribution >= 4 is 29.7 Å². The van der Waals surface area contributed by atoms with E-state index in [-0.39, 0.29) is 35.5 Å². The number of hydrogen-bond acceptors (Lipinski definition) is 14. The number of rotatable bonds is 8. The molecule has 14 heteroatoms. The zero-order valence-electron chi connectivity index (χ0n) is 30.3. The van der Waals surface area contributed by atoms with E-state index in [9.17, 15) is 34.5 Å². The molecular weight excluding hydrogens is 692 g/mol. The first kappa shape index (κ1) is 38.4. The van der Waals surface area contributed by atoms with E-state index in [1.807, 2.05) is 0 Å². The first-order chi connectivity index (χ1) is 24.8. The number of Topliss-reactive ketones (excluding diaryl/α,β-unsaturated/α-hetero) is 1. The maximum Gasteiger partial charge on any atom is 0.338 e. The van der Waals surface area contributed by atoms with Crippen molar-refractivity contribution in [2.45, 2.75) is 108 Å². The molecule has 2 radical (unpaired) electrons. The number of ether oxygens (including phenoxy) is 5. The van der Waals surface area contributed by atoms with Gasteiger partial charge in [0.05, 0.1) is 35.7 Å². The standard InChI is InChI=1S/C39H44O14/c1-19-25(51-35(46)29(42)20(2)24-14-11-15-48-24)17-39(47)33(52-34(45)23-12-9-8-10-13-23)31-37(7,32(44)30(43)28(19)36(39,5)6)26(50-21(3)40)16-27-38(31,18-49-27)53-22(4)41/h2,8-15,20,25-27,29-31,33,42-43,47H,16-18H2,1,3-7H3/t20-,25?,26-,27+,29+,30+,31-,33-,37+,38-,39+/m0/s1. The molecule has 1 saturated heterocycles. The summed E-state index contributed by atoms with van der Waals surface area (Å²) in [6, 6.07) is 10.8. The lowest BCUT2D eigenvalue weighted by Crippen LogP contribution is -2.82. The van der Waals surface area contributed by atoms with E-state index >= 15 is 4.79 Å². The Labute approximate surface area is 306 Å². The van der Waals surface area contributed by atoms with Crippen molar-refractivity contribution in [2.75, 3.05) is 6.61 Å². The van der Waals surface area contributed by atoms with Crippen LogP contribution in [0.3, 0.4) is 0 Å². The first-order valence-corrected chi connectivity index (χ1v) is 17.4. The molecule has 1 aromatic carbocycles.